The number of hydrogen-bond acceptors (Lipinski definition) is 5. The molecule has 104 valence electrons. The van der Waals surface area contributed by atoms with Crippen molar-refractivity contribution in [2.45, 2.75) is 32.7 Å². The number of nitrogens with one attached hydrogen (secondary N) is 1. The lowest BCUT2D eigenvalue weighted by molar-refractivity contribution is -0.0353. The molecule has 2 N–H and O–H groups in total. The predicted octanol–water partition coefficient (Wildman–Crippen LogP) is -0.121. The third kappa shape index (κ3) is 3.95. The van der Waals surface area contributed by atoms with E-state index in [2.05, 4.69) is 15.0 Å². The highest BCUT2D eigenvalue weighted by Crippen LogP contribution is 2.04. The van der Waals surface area contributed by atoms with E-state index in [0.29, 0.717) is 5.56 Å². The van der Waals surface area contributed by atoms with Gasteiger partial charge in [-0.15, -0.1) is 0 Å². The number of aromatic nitrogens is 2. The number of rotatable bonds is 6. The molecular weight excluding hydrogens is 254 g/mol. The summed E-state index contributed by atoms with van der Waals surface area (Å²) in [5, 5.41) is 12.5. The van der Waals surface area contributed by atoms with Crippen molar-refractivity contribution in [3.05, 3.63) is 43.0 Å². The van der Waals surface area contributed by atoms with E-state index in [1.54, 1.807) is 13.8 Å². The Morgan fingerprint density at radius 1 is 1.63 bits per heavy atom. The zero-order valence-corrected chi connectivity index (χ0v) is 10.6. The average molecular weight is 269 g/mol. The summed E-state index contributed by atoms with van der Waals surface area (Å²) in [6.45, 7) is 2.63. The van der Waals surface area contributed by atoms with Crippen LogP contribution in [0.5, 0.6) is 0 Å². The zero-order chi connectivity index (χ0) is 14.4. The van der Waals surface area contributed by atoms with Gasteiger partial charge < -0.3 is 9.84 Å². The van der Waals surface area contributed by atoms with E-state index >= 15 is 0 Å². The SMILES string of the molecule is Cc1cn(CO[C@H](CO)C(C)N=[N+]=[N-])c(=O)[nH]c1=O. The fourth-order valence-electron chi connectivity index (χ4n) is 1.39. The van der Waals surface area contributed by atoms with Crippen molar-refractivity contribution >= 4 is 0 Å². The first-order chi connectivity index (χ1) is 8.99. The molecule has 9 nitrogen and oxygen atoms in total. The van der Waals surface area contributed by atoms with Gasteiger partial charge in [-0.05, 0) is 12.5 Å². The smallest absolute Gasteiger partial charge is 0.330 e. The fourth-order valence-corrected chi connectivity index (χ4v) is 1.39. The Kier molecular flexibility index (Phi) is 5.31. The summed E-state index contributed by atoms with van der Waals surface area (Å²) in [6, 6.07) is -0.574. The number of ether oxygens (including phenoxy) is 1. The Labute approximate surface area is 108 Å². The van der Waals surface area contributed by atoms with Gasteiger partial charge in [-0.2, -0.15) is 0 Å². The summed E-state index contributed by atoms with van der Waals surface area (Å²) in [5.41, 5.74) is 7.61. The maximum absolute atomic E-state index is 11.5. The molecule has 0 saturated heterocycles. The molecule has 0 radical (unpaired) electrons. The van der Waals surface area contributed by atoms with Gasteiger partial charge in [-0.1, -0.05) is 12.0 Å². The first-order valence-electron chi connectivity index (χ1n) is 5.56. The van der Waals surface area contributed by atoms with E-state index < -0.39 is 23.4 Å². The van der Waals surface area contributed by atoms with Crippen LogP contribution in [-0.4, -0.2) is 33.4 Å². The molecule has 0 aliphatic rings. The van der Waals surface area contributed by atoms with Crippen LogP contribution in [-0.2, 0) is 11.5 Å². The van der Waals surface area contributed by atoms with Crippen LogP contribution < -0.4 is 11.2 Å². The average Bonchev–Trinajstić information content (AvgIpc) is 2.36. The minimum atomic E-state index is -0.727. The highest BCUT2D eigenvalue weighted by molar-refractivity contribution is 5.00. The van der Waals surface area contributed by atoms with Crippen LogP contribution in [0.15, 0.2) is 20.9 Å². The molecule has 1 aromatic heterocycles. The van der Waals surface area contributed by atoms with Crippen molar-refractivity contribution in [1.29, 1.82) is 0 Å². The summed E-state index contributed by atoms with van der Waals surface area (Å²) in [7, 11) is 0. The number of aryl methyl sites for hydroxylation is 1. The van der Waals surface area contributed by atoms with Crippen molar-refractivity contribution in [3.8, 4) is 0 Å². The first kappa shape index (κ1) is 15.0. The predicted molar refractivity (Wildman–Crippen MR) is 66.6 cm³/mol. The number of nitrogens with zero attached hydrogens (tertiary/aromatic N) is 4. The summed E-state index contributed by atoms with van der Waals surface area (Å²) in [5.74, 6) is 0. The largest absolute Gasteiger partial charge is 0.394 e. The quantitative estimate of drug-likeness (QED) is 0.423. The highest BCUT2D eigenvalue weighted by Gasteiger charge is 2.16. The second-order valence-electron chi connectivity index (χ2n) is 4.00. The lowest BCUT2D eigenvalue weighted by Gasteiger charge is -2.19. The molecule has 0 spiro atoms. The van der Waals surface area contributed by atoms with Crippen molar-refractivity contribution in [1.82, 2.24) is 9.55 Å². The third-order valence-electron chi connectivity index (χ3n) is 2.57. The molecular formula is C10H15N5O4. The number of aromatic amines is 1. The number of aliphatic hydroxyl groups excluding tert-OH is 1. The Balaban J connectivity index is 2.81. The molecule has 2 atom stereocenters. The third-order valence-corrected chi connectivity index (χ3v) is 2.57. The second kappa shape index (κ2) is 6.74. The van der Waals surface area contributed by atoms with E-state index in [-0.39, 0.29) is 13.3 Å². The number of azide groups is 1. The van der Waals surface area contributed by atoms with E-state index in [4.69, 9.17) is 15.4 Å². The molecule has 0 aliphatic carbocycles. The van der Waals surface area contributed by atoms with E-state index in [1.807, 2.05) is 0 Å². The monoisotopic (exact) mass is 269 g/mol. The Morgan fingerprint density at radius 3 is 2.89 bits per heavy atom. The molecule has 9 heteroatoms. The van der Waals surface area contributed by atoms with E-state index in [9.17, 15) is 9.59 Å². The van der Waals surface area contributed by atoms with Crippen LogP contribution in [0.1, 0.15) is 12.5 Å². The molecule has 0 amide bonds. The first-order valence-corrected chi connectivity index (χ1v) is 5.56. The van der Waals surface area contributed by atoms with Gasteiger partial charge in [0.25, 0.3) is 5.56 Å². The molecule has 0 saturated carbocycles. The summed E-state index contributed by atoms with van der Waals surface area (Å²) < 4.78 is 6.45. The van der Waals surface area contributed by atoms with Crippen molar-refractivity contribution < 1.29 is 9.84 Å². The Morgan fingerprint density at radius 2 is 2.32 bits per heavy atom. The number of aliphatic hydroxyl groups is 1. The summed E-state index contributed by atoms with van der Waals surface area (Å²) in [6.07, 6.45) is 0.628. The molecule has 1 rings (SSSR count). The van der Waals surface area contributed by atoms with E-state index in [1.165, 1.54) is 6.20 Å². The summed E-state index contributed by atoms with van der Waals surface area (Å²) >= 11 is 0. The molecule has 0 fully saturated rings. The van der Waals surface area contributed by atoms with Gasteiger partial charge in [0.05, 0.1) is 18.8 Å². The standard InChI is InChI=1S/C10H15N5O4/c1-6-3-15(10(18)12-9(6)17)5-19-8(4-16)7(2)13-14-11/h3,7-8,16H,4-5H2,1-2H3,(H,12,17,18)/t7?,8-/m1/s1. The fraction of sp³-hybridized carbons (Fsp3) is 0.600. The van der Waals surface area contributed by atoms with Crippen molar-refractivity contribution in [2.75, 3.05) is 6.61 Å². The van der Waals surface area contributed by atoms with Crippen molar-refractivity contribution in [3.63, 3.8) is 0 Å². The minimum Gasteiger partial charge on any atom is -0.394 e. The van der Waals surface area contributed by atoms with Crippen LogP contribution >= 0.6 is 0 Å². The van der Waals surface area contributed by atoms with Gasteiger partial charge in [0, 0.05) is 16.7 Å². The second-order valence-corrected chi connectivity index (χ2v) is 4.00. The van der Waals surface area contributed by atoms with Gasteiger partial charge in [-0.25, -0.2) is 4.79 Å². The van der Waals surface area contributed by atoms with Crippen LogP contribution in [0.4, 0.5) is 0 Å². The van der Waals surface area contributed by atoms with Crippen LogP contribution in [0.2, 0.25) is 0 Å². The lowest BCUT2D eigenvalue weighted by atomic mass is 10.2. The van der Waals surface area contributed by atoms with Crippen LogP contribution in [0.25, 0.3) is 10.4 Å². The van der Waals surface area contributed by atoms with E-state index in [0.717, 1.165) is 4.57 Å². The van der Waals surface area contributed by atoms with Crippen molar-refractivity contribution in [2.24, 2.45) is 5.11 Å². The molecule has 0 aromatic carbocycles. The molecule has 1 heterocycles. The maximum Gasteiger partial charge on any atom is 0.330 e. The van der Waals surface area contributed by atoms with Crippen LogP contribution in [0, 0.1) is 6.92 Å². The van der Waals surface area contributed by atoms with Gasteiger partial charge in [0.2, 0.25) is 0 Å². The highest BCUT2D eigenvalue weighted by atomic mass is 16.5. The number of H-pyrrole nitrogens is 1. The normalized spacial score (nSPS) is 13.6. The molecule has 1 unspecified atom stereocenters. The molecule has 19 heavy (non-hydrogen) atoms. The Hall–Kier alpha value is -2.09. The number of hydrogen-bond donors (Lipinski definition) is 2. The zero-order valence-electron chi connectivity index (χ0n) is 10.6. The topological polar surface area (TPSA) is 133 Å². The van der Waals surface area contributed by atoms with Gasteiger partial charge in [0.15, 0.2) is 0 Å². The van der Waals surface area contributed by atoms with Gasteiger partial charge >= 0.3 is 5.69 Å². The van der Waals surface area contributed by atoms with Gasteiger partial charge in [0.1, 0.15) is 6.73 Å². The lowest BCUT2D eigenvalue weighted by Crippen LogP contribution is -2.35. The van der Waals surface area contributed by atoms with Gasteiger partial charge in [-0.3, -0.25) is 14.3 Å². The minimum absolute atomic E-state index is 0.160. The van der Waals surface area contributed by atoms with Crippen LogP contribution in [0.3, 0.4) is 0 Å². The maximum atomic E-state index is 11.5. The molecule has 0 bridgehead atoms. The molecule has 0 aliphatic heterocycles. The Bertz CT molecular complexity index is 586. The molecule has 1 aromatic rings. The summed E-state index contributed by atoms with van der Waals surface area (Å²) in [4.78, 5) is 27.4.